The molecule has 0 bridgehead atoms. The predicted octanol–water partition coefficient (Wildman–Crippen LogP) is 4.49. The monoisotopic (exact) mass is 285 g/mol. The zero-order valence-electron chi connectivity index (χ0n) is 13.4. The number of ether oxygens (including phenoxy) is 2. The van der Waals surface area contributed by atoms with Crippen molar-refractivity contribution in [3.63, 3.8) is 0 Å². The number of anilines is 1. The maximum atomic E-state index is 5.42. The number of hydrogen-bond acceptors (Lipinski definition) is 3. The molecule has 0 saturated heterocycles. The Morgan fingerprint density at radius 1 is 0.952 bits per heavy atom. The second-order valence-corrected chi connectivity index (χ2v) is 5.29. The molecule has 0 fully saturated rings. The smallest absolute Gasteiger partial charge is 0.142 e. The molecule has 2 rings (SSSR count). The molecule has 21 heavy (non-hydrogen) atoms. The summed E-state index contributed by atoms with van der Waals surface area (Å²) < 4.78 is 10.7. The van der Waals surface area contributed by atoms with Gasteiger partial charge in [0.25, 0.3) is 0 Å². The SMILES string of the molecule is COc1ccc(OC)c(NC(C)c2cc(C)ccc2C)c1. The predicted molar refractivity (Wildman–Crippen MR) is 87.5 cm³/mol. The maximum absolute atomic E-state index is 5.42. The number of hydrogen-bond donors (Lipinski definition) is 1. The number of methoxy groups -OCH3 is 2. The van der Waals surface area contributed by atoms with Crippen molar-refractivity contribution in [2.45, 2.75) is 26.8 Å². The van der Waals surface area contributed by atoms with Gasteiger partial charge in [0.15, 0.2) is 0 Å². The van der Waals surface area contributed by atoms with Gasteiger partial charge < -0.3 is 14.8 Å². The van der Waals surface area contributed by atoms with Crippen molar-refractivity contribution >= 4 is 5.69 Å². The molecule has 1 atom stereocenters. The molecule has 0 aliphatic heterocycles. The first kappa shape index (κ1) is 15.2. The van der Waals surface area contributed by atoms with E-state index in [-0.39, 0.29) is 6.04 Å². The molecule has 3 heteroatoms. The summed E-state index contributed by atoms with van der Waals surface area (Å²) in [5.74, 6) is 1.62. The van der Waals surface area contributed by atoms with Crippen LogP contribution in [0.5, 0.6) is 11.5 Å². The van der Waals surface area contributed by atoms with Gasteiger partial charge in [-0.05, 0) is 44.0 Å². The average Bonchev–Trinajstić information content (AvgIpc) is 2.49. The Balaban J connectivity index is 2.30. The van der Waals surface area contributed by atoms with Crippen molar-refractivity contribution in [3.05, 3.63) is 53.1 Å². The van der Waals surface area contributed by atoms with Gasteiger partial charge in [-0.3, -0.25) is 0 Å². The van der Waals surface area contributed by atoms with E-state index in [1.54, 1.807) is 14.2 Å². The Kier molecular flexibility index (Phi) is 4.73. The lowest BCUT2D eigenvalue weighted by Crippen LogP contribution is -2.09. The van der Waals surface area contributed by atoms with Crippen molar-refractivity contribution in [3.8, 4) is 11.5 Å². The molecule has 0 amide bonds. The Morgan fingerprint density at radius 3 is 2.38 bits per heavy atom. The molecular weight excluding hydrogens is 262 g/mol. The van der Waals surface area contributed by atoms with Crippen LogP contribution >= 0.6 is 0 Å². The molecule has 112 valence electrons. The Labute approximate surface area is 126 Å². The van der Waals surface area contributed by atoms with Crippen LogP contribution in [0, 0.1) is 13.8 Å². The summed E-state index contributed by atoms with van der Waals surface area (Å²) in [6.45, 7) is 6.40. The van der Waals surface area contributed by atoms with Crippen molar-refractivity contribution in [1.82, 2.24) is 0 Å². The minimum atomic E-state index is 0.186. The van der Waals surface area contributed by atoms with Gasteiger partial charge in [-0.1, -0.05) is 23.8 Å². The maximum Gasteiger partial charge on any atom is 0.142 e. The fraction of sp³-hybridized carbons (Fsp3) is 0.333. The average molecular weight is 285 g/mol. The molecule has 2 aromatic rings. The molecule has 1 N–H and O–H groups in total. The third kappa shape index (κ3) is 3.48. The molecule has 0 heterocycles. The summed E-state index contributed by atoms with van der Waals surface area (Å²) in [4.78, 5) is 0. The molecule has 0 radical (unpaired) electrons. The van der Waals surface area contributed by atoms with Crippen molar-refractivity contribution in [2.24, 2.45) is 0 Å². The van der Waals surface area contributed by atoms with Crippen LogP contribution in [0.25, 0.3) is 0 Å². The van der Waals surface area contributed by atoms with Gasteiger partial charge in [-0.15, -0.1) is 0 Å². The summed E-state index contributed by atoms with van der Waals surface area (Å²) in [5, 5.41) is 3.52. The largest absolute Gasteiger partial charge is 0.497 e. The van der Waals surface area contributed by atoms with E-state index in [1.807, 2.05) is 18.2 Å². The van der Waals surface area contributed by atoms with Crippen LogP contribution in [0.1, 0.15) is 29.7 Å². The van der Waals surface area contributed by atoms with Crippen molar-refractivity contribution < 1.29 is 9.47 Å². The number of rotatable bonds is 5. The summed E-state index contributed by atoms with van der Waals surface area (Å²) in [6.07, 6.45) is 0. The molecule has 0 aromatic heterocycles. The second kappa shape index (κ2) is 6.53. The van der Waals surface area contributed by atoms with Crippen LogP contribution in [0.2, 0.25) is 0 Å². The molecule has 0 aliphatic rings. The first-order valence-electron chi connectivity index (χ1n) is 7.11. The van der Waals surface area contributed by atoms with E-state index in [0.717, 1.165) is 17.2 Å². The van der Waals surface area contributed by atoms with Gasteiger partial charge in [-0.25, -0.2) is 0 Å². The number of nitrogens with one attached hydrogen (secondary N) is 1. The normalized spacial score (nSPS) is 11.9. The highest BCUT2D eigenvalue weighted by Gasteiger charge is 2.12. The third-order valence-electron chi connectivity index (χ3n) is 3.68. The highest BCUT2D eigenvalue weighted by Crippen LogP contribution is 2.32. The summed E-state index contributed by atoms with van der Waals surface area (Å²) in [7, 11) is 3.34. The minimum absolute atomic E-state index is 0.186. The summed E-state index contributed by atoms with van der Waals surface area (Å²) in [6, 6.07) is 12.5. The molecule has 3 nitrogen and oxygen atoms in total. The molecular formula is C18H23NO2. The van der Waals surface area contributed by atoms with E-state index in [0.29, 0.717) is 0 Å². The molecule has 0 spiro atoms. The summed E-state index contributed by atoms with van der Waals surface area (Å²) in [5.41, 5.74) is 4.77. The number of aryl methyl sites for hydroxylation is 2. The Bertz CT molecular complexity index is 623. The molecule has 1 unspecified atom stereocenters. The van der Waals surface area contributed by atoms with E-state index in [2.05, 4.69) is 44.3 Å². The third-order valence-corrected chi connectivity index (χ3v) is 3.68. The Morgan fingerprint density at radius 2 is 1.71 bits per heavy atom. The van der Waals surface area contributed by atoms with Crippen LogP contribution in [-0.2, 0) is 0 Å². The zero-order chi connectivity index (χ0) is 15.4. The van der Waals surface area contributed by atoms with Gasteiger partial charge in [0.1, 0.15) is 11.5 Å². The highest BCUT2D eigenvalue weighted by molar-refractivity contribution is 5.61. The van der Waals surface area contributed by atoms with Gasteiger partial charge in [0.2, 0.25) is 0 Å². The zero-order valence-corrected chi connectivity index (χ0v) is 13.4. The fourth-order valence-electron chi connectivity index (χ4n) is 2.46. The van der Waals surface area contributed by atoms with Crippen LogP contribution in [0.15, 0.2) is 36.4 Å². The van der Waals surface area contributed by atoms with Crippen molar-refractivity contribution in [1.29, 1.82) is 0 Å². The highest BCUT2D eigenvalue weighted by atomic mass is 16.5. The first-order chi connectivity index (χ1) is 10.0. The minimum Gasteiger partial charge on any atom is -0.497 e. The van der Waals surface area contributed by atoms with E-state index in [4.69, 9.17) is 9.47 Å². The molecule has 2 aromatic carbocycles. The second-order valence-electron chi connectivity index (χ2n) is 5.29. The van der Waals surface area contributed by atoms with Crippen LogP contribution in [-0.4, -0.2) is 14.2 Å². The van der Waals surface area contributed by atoms with Gasteiger partial charge in [0, 0.05) is 12.1 Å². The van der Waals surface area contributed by atoms with E-state index < -0.39 is 0 Å². The van der Waals surface area contributed by atoms with Crippen LogP contribution in [0.4, 0.5) is 5.69 Å². The summed E-state index contributed by atoms with van der Waals surface area (Å²) >= 11 is 0. The number of benzene rings is 2. The molecule has 0 saturated carbocycles. The van der Waals surface area contributed by atoms with Gasteiger partial charge >= 0.3 is 0 Å². The lowest BCUT2D eigenvalue weighted by atomic mass is 10.00. The van der Waals surface area contributed by atoms with Gasteiger partial charge in [0.05, 0.1) is 19.9 Å². The topological polar surface area (TPSA) is 30.5 Å². The first-order valence-corrected chi connectivity index (χ1v) is 7.11. The van der Waals surface area contributed by atoms with Gasteiger partial charge in [-0.2, -0.15) is 0 Å². The van der Waals surface area contributed by atoms with E-state index in [1.165, 1.54) is 16.7 Å². The Hall–Kier alpha value is -2.16. The van der Waals surface area contributed by atoms with Crippen molar-refractivity contribution in [2.75, 3.05) is 19.5 Å². The lowest BCUT2D eigenvalue weighted by molar-refractivity contribution is 0.404. The quantitative estimate of drug-likeness (QED) is 0.877. The van der Waals surface area contributed by atoms with E-state index >= 15 is 0 Å². The van der Waals surface area contributed by atoms with Crippen LogP contribution < -0.4 is 14.8 Å². The molecule has 0 aliphatic carbocycles. The lowest BCUT2D eigenvalue weighted by Gasteiger charge is -2.20. The van der Waals surface area contributed by atoms with Crippen LogP contribution in [0.3, 0.4) is 0 Å². The fourth-order valence-corrected chi connectivity index (χ4v) is 2.46. The van der Waals surface area contributed by atoms with E-state index in [9.17, 15) is 0 Å². The standard InChI is InChI=1S/C18H23NO2/c1-12-6-7-13(2)16(10-12)14(3)19-17-11-15(20-4)8-9-18(17)21-5/h6-11,14,19H,1-5H3.